The molecule has 236 valence electrons. The van der Waals surface area contributed by atoms with Crippen molar-refractivity contribution in [1.82, 2.24) is 0 Å². The van der Waals surface area contributed by atoms with Gasteiger partial charge in [0.1, 0.15) is 36.0 Å². The van der Waals surface area contributed by atoms with E-state index in [1.165, 1.54) is 6.08 Å². The van der Waals surface area contributed by atoms with Gasteiger partial charge in [0.2, 0.25) is 0 Å². The SMILES string of the molecule is COc1ccc(/C(Cl)=C/C(=O)c2c(OCc3ccccc3)cc(OCc3ccccc3)cc2O[Si](C)(C)C(C)(C)C)cc1OC. The van der Waals surface area contributed by atoms with E-state index in [0.29, 0.717) is 40.9 Å². The molecule has 0 amide bonds. The molecule has 4 aromatic carbocycles. The summed E-state index contributed by atoms with van der Waals surface area (Å²) in [6.45, 7) is 11.3. The van der Waals surface area contributed by atoms with Crippen LogP contribution in [-0.2, 0) is 13.2 Å². The van der Waals surface area contributed by atoms with Crippen molar-refractivity contribution in [2.24, 2.45) is 0 Å². The molecule has 0 aliphatic heterocycles. The molecule has 4 rings (SSSR count). The van der Waals surface area contributed by atoms with Crippen LogP contribution in [0.25, 0.3) is 5.03 Å². The Hall–Kier alpha value is -4.20. The second-order valence-electron chi connectivity index (χ2n) is 12.1. The lowest BCUT2D eigenvalue weighted by Crippen LogP contribution is -2.44. The van der Waals surface area contributed by atoms with Crippen molar-refractivity contribution in [3.05, 3.63) is 119 Å². The second kappa shape index (κ2) is 14.7. The Bertz CT molecular complexity index is 1630. The van der Waals surface area contributed by atoms with E-state index >= 15 is 0 Å². The molecule has 0 aliphatic carbocycles. The monoisotopic (exact) mass is 644 g/mol. The standard InChI is InChI=1S/C37H41ClO6Si/c1-37(2,3)45(6,7)44-35-22-29(42-24-26-14-10-8-11-15-26)21-34(43-25-27-16-12-9-13-17-27)36(35)31(39)23-30(38)28-18-19-32(40-4)33(20-28)41-5/h8-23H,24-25H2,1-7H3/b30-23-. The molecule has 0 saturated heterocycles. The average Bonchev–Trinajstić information content (AvgIpc) is 3.02. The van der Waals surface area contributed by atoms with E-state index in [1.54, 1.807) is 44.6 Å². The van der Waals surface area contributed by atoms with Gasteiger partial charge in [-0.15, -0.1) is 0 Å². The quantitative estimate of drug-likeness (QED) is 0.0820. The molecule has 0 radical (unpaired) electrons. The first-order valence-corrected chi connectivity index (χ1v) is 18.0. The Labute approximate surface area is 272 Å². The van der Waals surface area contributed by atoms with Crippen LogP contribution in [0.2, 0.25) is 18.1 Å². The molecule has 0 fully saturated rings. The number of rotatable bonds is 13. The highest BCUT2D eigenvalue weighted by atomic mass is 35.5. The van der Waals surface area contributed by atoms with Gasteiger partial charge in [0.25, 0.3) is 8.32 Å². The minimum Gasteiger partial charge on any atom is -0.543 e. The first-order chi connectivity index (χ1) is 21.4. The van der Waals surface area contributed by atoms with E-state index in [0.717, 1.165) is 11.1 Å². The smallest absolute Gasteiger partial charge is 0.250 e. The van der Waals surface area contributed by atoms with Crippen molar-refractivity contribution in [3.63, 3.8) is 0 Å². The zero-order valence-corrected chi connectivity index (χ0v) is 28.7. The summed E-state index contributed by atoms with van der Waals surface area (Å²) in [6.07, 6.45) is 1.39. The molecule has 0 saturated carbocycles. The van der Waals surface area contributed by atoms with Crippen molar-refractivity contribution < 1.29 is 28.2 Å². The Kier molecular flexibility index (Phi) is 11.0. The molecule has 4 aromatic rings. The highest BCUT2D eigenvalue weighted by Crippen LogP contribution is 2.43. The summed E-state index contributed by atoms with van der Waals surface area (Å²) < 4.78 is 30.2. The van der Waals surface area contributed by atoms with Gasteiger partial charge < -0.3 is 23.4 Å². The normalized spacial score (nSPS) is 12.0. The van der Waals surface area contributed by atoms with Crippen LogP contribution in [0.1, 0.15) is 47.8 Å². The Morgan fingerprint density at radius 2 is 1.29 bits per heavy atom. The van der Waals surface area contributed by atoms with Crippen molar-refractivity contribution in [2.75, 3.05) is 14.2 Å². The third-order valence-corrected chi connectivity index (χ3v) is 12.5. The molecule has 0 N–H and O–H groups in total. The van der Waals surface area contributed by atoms with Crippen LogP contribution in [-0.4, -0.2) is 28.3 Å². The summed E-state index contributed by atoms with van der Waals surface area (Å²) in [5.41, 5.74) is 2.85. The first-order valence-electron chi connectivity index (χ1n) is 14.8. The van der Waals surface area contributed by atoms with Crippen molar-refractivity contribution in [1.29, 1.82) is 0 Å². The fourth-order valence-electron chi connectivity index (χ4n) is 4.25. The minimum absolute atomic E-state index is 0.133. The summed E-state index contributed by atoms with van der Waals surface area (Å²) in [4.78, 5) is 14.2. The third kappa shape index (κ3) is 8.71. The molecule has 45 heavy (non-hydrogen) atoms. The van der Waals surface area contributed by atoms with E-state index in [9.17, 15) is 4.79 Å². The highest BCUT2D eigenvalue weighted by Gasteiger charge is 2.40. The number of ketones is 1. The van der Waals surface area contributed by atoms with Gasteiger partial charge in [-0.3, -0.25) is 4.79 Å². The van der Waals surface area contributed by atoms with E-state index in [4.69, 9.17) is 35.0 Å². The number of hydrogen-bond donors (Lipinski definition) is 0. The maximum atomic E-state index is 14.2. The lowest BCUT2D eigenvalue weighted by molar-refractivity contribution is 0.104. The number of benzene rings is 4. The lowest BCUT2D eigenvalue weighted by atomic mass is 10.1. The lowest BCUT2D eigenvalue weighted by Gasteiger charge is -2.37. The largest absolute Gasteiger partial charge is 0.543 e. The second-order valence-corrected chi connectivity index (χ2v) is 17.3. The van der Waals surface area contributed by atoms with Crippen LogP contribution in [0.5, 0.6) is 28.7 Å². The number of carbonyl (C=O) groups excluding carboxylic acids is 1. The van der Waals surface area contributed by atoms with Crippen LogP contribution >= 0.6 is 11.6 Å². The molecular formula is C37H41ClO6Si. The van der Waals surface area contributed by atoms with Crippen LogP contribution in [0.3, 0.4) is 0 Å². The van der Waals surface area contributed by atoms with Gasteiger partial charge in [0, 0.05) is 18.2 Å². The Morgan fingerprint density at radius 3 is 1.84 bits per heavy atom. The number of allylic oxidation sites excluding steroid dienone is 1. The molecule has 0 aliphatic rings. The van der Waals surface area contributed by atoms with Crippen molar-refractivity contribution in [2.45, 2.75) is 52.1 Å². The number of methoxy groups -OCH3 is 2. The maximum Gasteiger partial charge on any atom is 0.250 e. The molecular weight excluding hydrogens is 604 g/mol. The van der Waals surface area contributed by atoms with Gasteiger partial charge >= 0.3 is 0 Å². The van der Waals surface area contributed by atoms with Crippen LogP contribution in [0.4, 0.5) is 0 Å². The van der Waals surface area contributed by atoms with E-state index in [2.05, 4.69) is 33.9 Å². The maximum absolute atomic E-state index is 14.2. The summed E-state index contributed by atoms with van der Waals surface area (Å²) in [6, 6.07) is 28.4. The zero-order valence-electron chi connectivity index (χ0n) is 27.0. The Morgan fingerprint density at radius 1 is 0.733 bits per heavy atom. The van der Waals surface area contributed by atoms with Gasteiger partial charge in [0.15, 0.2) is 17.3 Å². The molecule has 0 heterocycles. The number of ether oxygens (including phenoxy) is 4. The molecule has 0 aromatic heterocycles. The fourth-order valence-corrected chi connectivity index (χ4v) is 5.48. The molecule has 8 heteroatoms. The van der Waals surface area contributed by atoms with E-state index < -0.39 is 8.32 Å². The highest BCUT2D eigenvalue weighted by molar-refractivity contribution is 6.74. The van der Waals surface area contributed by atoms with Crippen LogP contribution in [0.15, 0.2) is 97.1 Å². The van der Waals surface area contributed by atoms with Crippen molar-refractivity contribution >= 4 is 30.7 Å². The fraction of sp³-hybridized carbons (Fsp3) is 0.270. The summed E-state index contributed by atoms with van der Waals surface area (Å²) in [7, 11) is 0.694. The Balaban J connectivity index is 1.82. The molecule has 0 bridgehead atoms. The predicted molar refractivity (Wildman–Crippen MR) is 184 cm³/mol. The summed E-state index contributed by atoms with van der Waals surface area (Å²) in [5, 5.41) is 0.101. The topological polar surface area (TPSA) is 63.2 Å². The van der Waals surface area contributed by atoms with Gasteiger partial charge in [-0.2, -0.15) is 0 Å². The number of carbonyl (C=O) groups is 1. The van der Waals surface area contributed by atoms with Gasteiger partial charge in [-0.05, 0) is 53.0 Å². The zero-order chi connectivity index (χ0) is 32.6. The van der Waals surface area contributed by atoms with Crippen LogP contribution in [0, 0.1) is 0 Å². The number of hydrogen-bond acceptors (Lipinski definition) is 6. The summed E-state index contributed by atoms with van der Waals surface area (Å²) >= 11 is 6.75. The average molecular weight is 645 g/mol. The molecule has 6 nitrogen and oxygen atoms in total. The molecule has 0 unspecified atom stereocenters. The van der Waals surface area contributed by atoms with E-state index in [-0.39, 0.29) is 28.0 Å². The van der Waals surface area contributed by atoms with Crippen LogP contribution < -0.4 is 23.4 Å². The van der Waals surface area contributed by atoms with Crippen molar-refractivity contribution in [3.8, 4) is 28.7 Å². The number of halogens is 1. The van der Waals surface area contributed by atoms with Gasteiger partial charge in [0.05, 0.1) is 19.3 Å². The predicted octanol–water partition coefficient (Wildman–Crippen LogP) is 9.71. The van der Waals surface area contributed by atoms with Gasteiger partial charge in [-0.1, -0.05) is 93.0 Å². The third-order valence-electron chi connectivity index (χ3n) is 7.86. The summed E-state index contributed by atoms with van der Waals surface area (Å²) in [5.74, 6) is 1.97. The minimum atomic E-state index is -2.42. The van der Waals surface area contributed by atoms with E-state index in [1.807, 2.05) is 60.7 Å². The molecule has 0 spiro atoms. The first kappa shape index (κ1) is 33.7. The molecule has 0 atom stereocenters. The van der Waals surface area contributed by atoms with Gasteiger partial charge in [-0.25, -0.2) is 0 Å².